The predicted molar refractivity (Wildman–Crippen MR) is 156 cm³/mol. The monoisotopic (exact) mass is 502 g/mol. The van der Waals surface area contributed by atoms with E-state index in [0.717, 1.165) is 24.8 Å². The number of benzene rings is 4. The van der Waals surface area contributed by atoms with Crippen LogP contribution in [0.15, 0.2) is 91.0 Å². The summed E-state index contributed by atoms with van der Waals surface area (Å²) in [6.07, 6.45) is 2.61. The Labute approximate surface area is 215 Å². The van der Waals surface area contributed by atoms with Crippen molar-refractivity contribution in [3.8, 4) is 5.75 Å². The van der Waals surface area contributed by atoms with Gasteiger partial charge in [-0.2, -0.15) is 0 Å². The Balaban J connectivity index is 2.16. The molecule has 0 saturated heterocycles. The van der Waals surface area contributed by atoms with Crippen molar-refractivity contribution in [3.63, 3.8) is 0 Å². The van der Waals surface area contributed by atoms with E-state index >= 15 is 0 Å². The second-order valence-corrected chi connectivity index (χ2v) is 15.7. The van der Waals surface area contributed by atoms with E-state index in [0.29, 0.717) is 0 Å². The first kappa shape index (κ1) is 25.5. The average Bonchev–Trinajstić information content (AvgIpc) is 2.92. The van der Waals surface area contributed by atoms with Crippen molar-refractivity contribution >= 4 is 33.1 Å². The van der Waals surface area contributed by atoms with Crippen LogP contribution < -0.4 is 20.7 Å². The quantitative estimate of drug-likeness (QED) is 0.225. The predicted octanol–water partition coefficient (Wildman–Crippen LogP) is 7.62. The molecule has 0 aliphatic carbocycles. The topological polar surface area (TPSA) is 9.23 Å². The van der Waals surface area contributed by atoms with Gasteiger partial charge in [-0.05, 0) is 0 Å². The zero-order chi connectivity index (χ0) is 25.1. The van der Waals surface area contributed by atoms with E-state index in [1.807, 2.05) is 0 Å². The van der Waals surface area contributed by atoms with Crippen LogP contribution in [0.4, 0.5) is 0 Å². The van der Waals surface area contributed by atoms with Crippen molar-refractivity contribution in [1.82, 2.24) is 0 Å². The summed E-state index contributed by atoms with van der Waals surface area (Å²) in [6, 6.07) is 32.3. The van der Waals surface area contributed by atoms with Crippen LogP contribution in [0.1, 0.15) is 41.7 Å². The summed E-state index contributed by atoms with van der Waals surface area (Å²) in [5.74, 6) is -2.38. The van der Waals surface area contributed by atoms with Gasteiger partial charge in [0.05, 0.1) is 0 Å². The van der Waals surface area contributed by atoms with Gasteiger partial charge in [0.2, 0.25) is 0 Å². The SMILES string of the molecule is CCc1c(C)c(CP(Cl)(c2ccccc2)(c2ccccc2)c2ccccc2)c(C)c(CC)c1OC. The third-order valence-corrected chi connectivity index (χ3v) is 14.8. The van der Waals surface area contributed by atoms with Crippen LogP contribution in [-0.2, 0) is 19.0 Å². The summed E-state index contributed by atoms with van der Waals surface area (Å²) < 4.78 is 5.96. The van der Waals surface area contributed by atoms with Gasteiger partial charge in [-0.3, -0.25) is 0 Å². The molecular formula is C32H36ClOP. The number of rotatable bonds is 8. The van der Waals surface area contributed by atoms with Crippen LogP contribution in [0.5, 0.6) is 5.75 Å². The minimum absolute atomic E-state index is 0.757. The standard InChI is InChI=1S/C32H36ClOP/c1-6-29-24(3)31(25(4)30(7-2)32(29)34-5)23-35(33,26-17-11-8-12-18-26,27-19-13-9-14-20-27)28-21-15-10-16-22-28/h8-22H,6-7,23H2,1-5H3. The van der Waals surface area contributed by atoms with Gasteiger partial charge in [0.15, 0.2) is 0 Å². The van der Waals surface area contributed by atoms with E-state index in [2.05, 4.69) is 119 Å². The molecule has 182 valence electrons. The Kier molecular flexibility index (Phi) is 7.41. The van der Waals surface area contributed by atoms with Crippen LogP contribution in [-0.4, -0.2) is 7.11 Å². The number of methoxy groups -OCH3 is 1. The first-order valence-electron chi connectivity index (χ1n) is 12.5. The fourth-order valence-corrected chi connectivity index (χ4v) is 12.0. The molecule has 3 heteroatoms. The van der Waals surface area contributed by atoms with Gasteiger partial charge in [-0.25, -0.2) is 0 Å². The van der Waals surface area contributed by atoms with Crippen LogP contribution in [0.3, 0.4) is 0 Å². The molecule has 4 aromatic carbocycles. The number of halogens is 1. The van der Waals surface area contributed by atoms with Gasteiger partial charge >= 0.3 is 216 Å². The second-order valence-electron chi connectivity index (χ2n) is 9.27. The van der Waals surface area contributed by atoms with Crippen LogP contribution in [0, 0.1) is 13.8 Å². The van der Waals surface area contributed by atoms with Gasteiger partial charge in [0.25, 0.3) is 0 Å². The fourth-order valence-electron chi connectivity index (χ4n) is 5.74. The van der Waals surface area contributed by atoms with Crippen LogP contribution >= 0.6 is 17.2 Å². The van der Waals surface area contributed by atoms with Gasteiger partial charge in [-0.15, -0.1) is 0 Å². The van der Waals surface area contributed by atoms with Crippen molar-refractivity contribution in [1.29, 1.82) is 0 Å². The van der Waals surface area contributed by atoms with Crippen molar-refractivity contribution in [2.45, 2.75) is 46.7 Å². The molecule has 0 aliphatic heterocycles. The van der Waals surface area contributed by atoms with Gasteiger partial charge in [0.1, 0.15) is 0 Å². The summed E-state index contributed by atoms with van der Waals surface area (Å²) in [5.41, 5.74) is 6.54. The number of hydrogen-bond acceptors (Lipinski definition) is 1. The molecular weight excluding hydrogens is 467 g/mol. The molecule has 0 bridgehead atoms. The molecule has 1 nitrogen and oxygen atoms in total. The first-order valence-corrected chi connectivity index (χ1v) is 15.8. The molecule has 0 aromatic heterocycles. The maximum atomic E-state index is 8.42. The molecule has 35 heavy (non-hydrogen) atoms. The molecule has 4 rings (SSSR count). The molecule has 0 aliphatic rings. The average molecular weight is 503 g/mol. The van der Waals surface area contributed by atoms with Gasteiger partial charge in [0, 0.05) is 0 Å². The summed E-state index contributed by atoms with van der Waals surface area (Å²) in [5, 5.41) is 3.59. The summed E-state index contributed by atoms with van der Waals surface area (Å²) in [6.45, 7) is 8.94. The third kappa shape index (κ3) is 4.10. The Bertz CT molecular complexity index is 1170. The minimum atomic E-state index is -3.42. The molecule has 0 saturated carbocycles. The van der Waals surface area contributed by atoms with E-state index < -0.39 is 5.96 Å². The van der Waals surface area contributed by atoms with E-state index in [1.54, 1.807) is 7.11 Å². The molecule has 0 unspecified atom stereocenters. The van der Waals surface area contributed by atoms with Crippen LogP contribution in [0.2, 0.25) is 0 Å². The van der Waals surface area contributed by atoms with Crippen molar-refractivity contribution in [2.75, 3.05) is 7.11 Å². The molecule has 0 fully saturated rings. The van der Waals surface area contributed by atoms with E-state index in [9.17, 15) is 0 Å². The summed E-state index contributed by atoms with van der Waals surface area (Å²) in [4.78, 5) is 0. The molecule has 4 aromatic rings. The fraction of sp³-hybridized carbons (Fsp3) is 0.250. The van der Waals surface area contributed by atoms with E-state index in [1.165, 1.54) is 43.7 Å². The third-order valence-electron chi connectivity index (χ3n) is 7.61. The summed E-state index contributed by atoms with van der Waals surface area (Å²) >= 11 is 8.42. The van der Waals surface area contributed by atoms with Crippen LogP contribution in [0.25, 0.3) is 0 Å². The normalized spacial score (nSPS) is 12.7. The number of hydrogen-bond donors (Lipinski definition) is 0. The Hall–Kier alpha value is -2.60. The van der Waals surface area contributed by atoms with Crippen molar-refractivity contribution in [2.24, 2.45) is 0 Å². The van der Waals surface area contributed by atoms with Crippen molar-refractivity contribution in [3.05, 3.63) is 119 Å². The second kappa shape index (κ2) is 10.2. The Morgan fingerprint density at radius 2 is 0.943 bits per heavy atom. The zero-order valence-electron chi connectivity index (χ0n) is 21.5. The Morgan fingerprint density at radius 1 is 0.600 bits per heavy atom. The molecule has 0 spiro atoms. The molecule has 0 N–H and O–H groups in total. The summed E-state index contributed by atoms with van der Waals surface area (Å²) in [7, 11) is 1.80. The van der Waals surface area contributed by atoms with Gasteiger partial charge in [-0.1, -0.05) is 0 Å². The molecule has 0 amide bonds. The Morgan fingerprint density at radius 3 is 1.23 bits per heavy atom. The molecule has 0 radical (unpaired) electrons. The van der Waals surface area contributed by atoms with E-state index in [4.69, 9.17) is 16.0 Å². The zero-order valence-corrected chi connectivity index (χ0v) is 23.2. The molecule has 0 atom stereocenters. The van der Waals surface area contributed by atoms with Gasteiger partial charge < -0.3 is 0 Å². The van der Waals surface area contributed by atoms with Crippen molar-refractivity contribution < 1.29 is 4.74 Å². The maximum absolute atomic E-state index is 8.42. The van der Waals surface area contributed by atoms with E-state index in [-0.39, 0.29) is 0 Å². The number of ether oxygens (including phenoxy) is 1. The first-order chi connectivity index (χ1) is 16.9. The molecule has 0 heterocycles.